The molecule has 0 radical (unpaired) electrons. The Morgan fingerprint density at radius 2 is 1.78 bits per heavy atom. The van der Waals surface area contributed by atoms with Crippen molar-refractivity contribution in [3.05, 3.63) is 36.4 Å². The monoisotopic (exact) mass is 246 g/mol. The van der Waals surface area contributed by atoms with Crippen LogP contribution < -0.4 is 9.47 Å². The van der Waals surface area contributed by atoms with Crippen LogP contribution in [0, 0.1) is 0 Å². The molecule has 0 aliphatic heterocycles. The van der Waals surface area contributed by atoms with Crippen LogP contribution in [0.1, 0.15) is 6.92 Å². The summed E-state index contributed by atoms with van der Waals surface area (Å²) in [4.78, 5) is 21.6. The highest BCUT2D eigenvalue weighted by molar-refractivity contribution is 5.93. The fourth-order valence-electron chi connectivity index (χ4n) is 1.65. The van der Waals surface area contributed by atoms with Crippen LogP contribution in [0.15, 0.2) is 36.4 Å². The van der Waals surface area contributed by atoms with E-state index in [4.69, 9.17) is 14.6 Å². The van der Waals surface area contributed by atoms with Gasteiger partial charge in [-0.05, 0) is 11.5 Å². The third-order valence-corrected chi connectivity index (χ3v) is 2.29. The average molecular weight is 246 g/mol. The van der Waals surface area contributed by atoms with E-state index in [-0.39, 0.29) is 11.5 Å². The number of esters is 1. The third kappa shape index (κ3) is 2.40. The van der Waals surface area contributed by atoms with Crippen LogP contribution in [0.25, 0.3) is 10.8 Å². The Bertz CT molecular complexity index is 618. The zero-order chi connectivity index (χ0) is 13.1. The molecule has 0 heterocycles. The molecule has 0 aromatic heterocycles. The Hall–Kier alpha value is -2.56. The normalized spacial score (nSPS) is 10.1. The average Bonchev–Trinajstić information content (AvgIpc) is 2.31. The maximum Gasteiger partial charge on any atom is 0.511 e. The quantitative estimate of drug-likeness (QED) is 0.501. The fraction of sp³-hybridized carbons (Fsp3) is 0.0769. The van der Waals surface area contributed by atoms with Gasteiger partial charge >= 0.3 is 12.1 Å². The molecule has 0 atom stereocenters. The molecule has 0 unspecified atom stereocenters. The second kappa shape index (κ2) is 4.75. The van der Waals surface area contributed by atoms with Crippen molar-refractivity contribution >= 4 is 22.9 Å². The van der Waals surface area contributed by atoms with Gasteiger partial charge in [0.1, 0.15) is 0 Å². The van der Waals surface area contributed by atoms with Gasteiger partial charge in [-0.3, -0.25) is 4.79 Å². The number of benzene rings is 2. The zero-order valence-electron chi connectivity index (χ0n) is 9.54. The molecule has 5 heteroatoms. The summed E-state index contributed by atoms with van der Waals surface area (Å²) < 4.78 is 9.63. The Morgan fingerprint density at radius 1 is 1.06 bits per heavy atom. The van der Waals surface area contributed by atoms with Gasteiger partial charge in [0.25, 0.3) is 0 Å². The standard InChI is InChI=1S/C13H10O5/c1-8(14)17-11-7-6-9-4-2-3-5-10(9)12(11)18-13(15)16/h2-7H,1H3,(H,15,16). The lowest BCUT2D eigenvalue weighted by Gasteiger charge is -2.10. The lowest BCUT2D eigenvalue weighted by atomic mass is 10.1. The summed E-state index contributed by atoms with van der Waals surface area (Å²) in [7, 11) is 0. The van der Waals surface area contributed by atoms with Crippen molar-refractivity contribution < 1.29 is 24.2 Å². The SMILES string of the molecule is CC(=O)Oc1ccc2ccccc2c1OC(=O)O. The number of carbonyl (C=O) groups excluding carboxylic acids is 1. The molecule has 18 heavy (non-hydrogen) atoms. The Kier molecular flexibility index (Phi) is 3.14. The highest BCUT2D eigenvalue weighted by Crippen LogP contribution is 2.35. The molecule has 5 nitrogen and oxygen atoms in total. The molecule has 0 saturated heterocycles. The minimum atomic E-state index is -1.46. The molecule has 0 amide bonds. The summed E-state index contributed by atoms with van der Waals surface area (Å²) in [6.45, 7) is 1.24. The van der Waals surface area contributed by atoms with Crippen LogP contribution in [0.2, 0.25) is 0 Å². The van der Waals surface area contributed by atoms with Gasteiger partial charge in [0.05, 0.1) is 0 Å². The number of hydrogen-bond acceptors (Lipinski definition) is 4. The van der Waals surface area contributed by atoms with E-state index in [0.29, 0.717) is 5.39 Å². The molecular formula is C13H10O5. The third-order valence-electron chi connectivity index (χ3n) is 2.29. The van der Waals surface area contributed by atoms with Crippen molar-refractivity contribution in [3.63, 3.8) is 0 Å². The topological polar surface area (TPSA) is 72.8 Å². The van der Waals surface area contributed by atoms with Crippen molar-refractivity contribution in [3.8, 4) is 11.5 Å². The van der Waals surface area contributed by atoms with E-state index in [0.717, 1.165) is 5.39 Å². The van der Waals surface area contributed by atoms with Gasteiger partial charge in [0.15, 0.2) is 11.5 Å². The minimum absolute atomic E-state index is 0.0239. The van der Waals surface area contributed by atoms with Crippen molar-refractivity contribution in [2.45, 2.75) is 6.92 Å². The smallest absolute Gasteiger partial charge is 0.449 e. The van der Waals surface area contributed by atoms with Gasteiger partial charge in [-0.1, -0.05) is 30.3 Å². The van der Waals surface area contributed by atoms with E-state index in [9.17, 15) is 9.59 Å². The molecule has 0 bridgehead atoms. The van der Waals surface area contributed by atoms with E-state index in [1.807, 2.05) is 12.1 Å². The van der Waals surface area contributed by atoms with Crippen molar-refractivity contribution in [2.24, 2.45) is 0 Å². The molecule has 0 aliphatic carbocycles. The number of hydrogen-bond donors (Lipinski definition) is 1. The van der Waals surface area contributed by atoms with Crippen LogP contribution >= 0.6 is 0 Å². The molecule has 0 aliphatic rings. The maximum atomic E-state index is 11.0. The number of carbonyl (C=O) groups is 2. The molecule has 2 aromatic rings. The number of ether oxygens (including phenoxy) is 2. The molecular weight excluding hydrogens is 236 g/mol. The highest BCUT2D eigenvalue weighted by Gasteiger charge is 2.14. The first kappa shape index (κ1) is 11.9. The van der Waals surface area contributed by atoms with E-state index in [2.05, 4.69) is 0 Å². The number of carboxylic acid groups (broad SMARTS) is 1. The lowest BCUT2D eigenvalue weighted by Crippen LogP contribution is -2.08. The van der Waals surface area contributed by atoms with E-state index in [1.54, 1.807) is 18.2 Å². The summed E-state index contributed by atoms with van der Waals surface area (Å²) in [5.74, 6) is -0.431. The Labute approximate surface area is 103 Å². The van der Waals surface area contributed by atoms with E-state index in [1.165, 1.54) is 13.0 Å². The lowest BCUT2D eigenvalue weighted by molar-refractivity contribution is -0.132. The Morgan fingerprint density at radius 3 is 2.44 bits per heavy atom. The van der Waals surface area contributed by atoms with Gasteiger partial charge in [0.2, 0.25) is 0 Å². The minimum Gasteiger partial charge on any atom is -0.449 e. The van der Waals surface area contributed by atoms with Crippen molar-refractivity contribution in [1.29, 1.82) is 0 Å². The highest BCUT2D eigenvalue weighted by atomic mass is 16.7. The maximum absolute atomic E-state index is 11.0. The first-order valence-corrected chi connectivity index (χ1v) is 5.19. The van der Waals surface area contributed by atoms with E-state index < -0.39 is 12.1 Å². The molecule has 0 saturated carbocycles. The van der Waals surface area contributed by atoms with Crippen molar-refractivity contribution in [2.75, 3.05) is 0 Å². The summed E-state index contributed by atoms with van der Waals surface area (Å²) in [6.07, 6.45) is -1.46. The predicted octanol–water partition coefficient (Wildman–Crippen LogP) is 2.82. The van der Waals surface area contributed by atoms with Crippen LogP contribution in [0.4, 0.5) is 4.79 Å². The first-order valence-electron chi connectivity index (χ1n) is 5.19. The summed E-state index contributed by atoms with van der Waals surface area (Å²) >= 11 is 0. The second-order valence-corrected chi connectivity index (χ2v) is 3.58. The predicted molar refractivity (Wildman–Crippen MR) is 63.9 cm³/mol. The van der Waals surface area contributed by atoms with Gasteiger partial charge in [-0.15, -0.1) is 0 Å². The molecule has 1 N–H and O–H groups in total. The molecule has 0 fully saturated rings. The van der Waals surface area contributed by atoms with Crippen molar-refractivity contribution in [1.82, 2.24) is 0 Å². The van der Waals surface area contributed by atoms with Crippen LogP contribution in [0.3, 0.4) is 0 Å². The summed E-state index contributed by atoms with van der Waals surface area (Å²) in [5, 5.41) is 10.1. The summed E-state index contributed by atoms with van der Waals surface area (Å²) in [6, 6.07) is 10.3. The van der Waals surface area contributed by atoms with Gasteiger partial charge in [0, 0.05) is 12.3 Å². The van der Waals surface area contributed by atoms with Gasteiger partial charge in [-0.2, -0.15) is 0 Å². The fourth-order valence-corrected chi connectivity index (χ4v) is 1.65. The van der Waals surface area contributed by atoms with E-state index >= 15 is 0 Å². The zero-order valence-corrected chi connectivity index (χ0v) is 9.54. The Balaban J connectivity index is 2.62. The van der Waals surface area contributed by atoms with Gasteiger partial charge in [-0.25, -0.2) is 4.79 Å². The molecule has 92 valence electrons. The molecule has 2 aromatic carbocycles. The number of fused-ring (bicyclic) bond motifs is 1. The number of rotatable bonds is 2. The summed E-state index contributed by atoms with van der Waals surface area (Å²) in [5.41, 5.74) is 0. The van der Waals surface area contributed by atoms with Gasteiger partial charge < -0.3 is 14.6 Å². The van der Waals surface area contributed by atoms with Crippen LogP contribution in [0.5, 0.6) is 11.5 Å². The molecule has 0 spiro atoms. The van der Waals surface area contributed by atoms with Crippen LogP contribution in [-0.4, -0.2) is 17.2 Å². The largest absolute Gasteiger partial charge is 0.511 e. The second-order valence-electron chi connectivity index (χ2n) is 3.58. The molecule has 2 rings (SSSR count). The van der Waals surface area contributed by atoms with Crippen LogP contribution in [-0.2, 0) is 4.79 Å². The first-order chi connectivity index (χ1) is 8.58.